The summed E-state index contributed by atoms with van der Waals surface area (Å²) in [5.74, 6) is 2.53. The molecule has 0 radical (unpaired) electrons. The standard InChI is InChI=1S/C25H33N5O3S/c1-17-13-24(16-33-17)6-10-30(11-7-24)22-18(15-31)28-20(14-27-22)34-19-3-9-26-23-21(19)32-12-8-25(4-5-25)29(23)2/h3,9,14,17,31H,4-8,10-13,15-16H2,1-2H3/t17-/m0/s1. The lowest BCUT2D eigenvalue weighted by Gasteiger charge is -2.39. The fourth-order valence-corrected chi connectivity index (χ4v) is 6.72. The van der Waals surface area contributed by atoms with Gasteiger partial charge in [0.15, 0.2) is 17.4 Å². The SMILES string of the molecule is C[C@H]1CC2(CCN(c3ncc(Sc4ccnc5c4OCCC4(CC4)N5C)nc3CO)CC2)CO1. The van der Waals surface area contributed by atoms with E-state index < -0.39 is 0 Å². The maximum Gasteiger partial charge on any atom is 0.175 e. The zero-order chi connectivity index (χ0) is 23.3. The Kier molecular flexibility index (Phi) is 5.61. The van der Waals surface area contributed by atoms with Gasteiger partial charge < -0.3 is 24.4 Å². The number of hydrogen-bond donors (Lipinski definition) is 1. The summed E-state index contributed by atoms with van der Waals surface area (Å²) < 4.78 is 12.1. The average molecular weight is 484 g/mol. The summed E-state index contributed by atoms with van der Waals surface area (Å²) in [5, 5.41) is 10.9. The predicted octanol–water partition coefficient (Wildman–Crippen LogP) is 3.66. The van der Waals surface area contributed by atoms with Gasteiger partial charge in [-0.2, -0.15) is 0 Å². The van der Waals surface area contributed by atoms with Crippen LogP contribution in [0.4, 0.5) is 11.6 Å². The summed E-state index contributed by atoms with van der Waals surface area (Å²) in [6.07, 6.45) is 10.8. The number of aromatic nitrogens is 3. The van der Waals surface area contributed by atoms with Crippen molar-refractivity contribution in [2.75, 3.05) is 43.2 Å². The Morgan fingerprint density at radius 2 is 1.97 bits per heavy atom. The molecule has 1 atom stereocenters. The van der Waals surface area contributed by atoms with E-state index in [1.807, 2.05) is 18.5 Å². The highest BCUT2D eigenvalue weighted by Crippen LogP contribution is 2.51. The first kappa shape index (κ1) is 22.4. The van der Waals surface area contributed by atoms with Gasteiger partial charge in [0.1, 0.15) is 10.7 Å². The largest absolute Gasteiger partial charge is 0.488 e. The fraction of sp³-hybridized carbons (Fsp3) is 0.640. The Hall–Kier alpha value is -2.10. The van der Waals surface area contributed by atoms with Crippen LogP contribution in [-0.4, -0.2) is 65.1 Å². The molecule has 2 aromatic rings. The van der Waals surface area contributed by atoms with E-state index in [9.17, 15) is 5.11 Å². The van der Waals surface area contributed by atoms with E-state index in [1.54, 1.807) is 0 Å². The lowest BCUT2D eigenvalue weighted by Crippen LogP contribution is -2.41. The number of anilines is 2. The molecule has 6 rings (SSSR count). The molecule has 2 saturated heterocycles. The van der Waals surface area contributed by atoms with Gasteiger partial charge in [-0.25, -0.2) is 15.0 Å². The second kappa shape index (κ2) is 8.53. The van der Waals surface area contributed by atoms with Gasteiger partial charge >= 0.3 is 0 Å². The second-order valence-electron chi connectivity index (χ2n) is 10.4. The topological polar surface area (TPSA) is 83.8 Å². The fourth-order valence-electron chi connectivity index (χ4n) is 5.86. The number of ether oxygens (including phenoxy) is 2. The lowest BCUT2D eigenvalue weighted by molar-refractivity contribution is 0.0975. The molecule has 0 amide bonds. The molecule has 2 aromatic heterocycles. The van der Waals surface area contributed by atoms with Gasteiger partial charge in [-0.3, -0.25) is 0 Å². The number of fused-ring (bicyclic) bond motifs is 1. The van der Waals surface area contributed by atoms with Gasteiger partial charge in [0.25, 0.3) is 0 Å². The maximum absolute atomic E-state index is 10.1. The summed E-state index contributed by atoms with van der Waals surface area (Å²) in [6.45, 7) is 5.44. The van der Waals surface area contributed by atoms with Crippen molar-refractivity contribution in [2.24, 2.45) is 5.41 Å². The third-order valence-corrected chi connectivity index (χ3v) is 9.15. The zero-order valence-corrected chi connectivity index (χ0v) is 20.8. The molecule has 2 spiro atoms. The van der Waals surface area contributed by atoms with Crippen molar-refractivity contribution in [1.29, 1.82) is 0 Å². The Morgan fingerprint density at radius 1 is 1.15 bits per heavy atom. The summed E-state index contributed by atoms with van der Waals surface area (Å²) in [6, 6.07) is 1.98. The molecule has 182 valence electrons. The molecular weight excluding hydrogens is 450 g/mol. The minimum Gasteiger partial charge on any atom is -0.488 e. The van der Waals surface area contributed by atoms with Crippen LogP contribution in [0.2, 0.25) is 0 Å². The molecule has 3 fully saturated rings. The lowest BCUT2D eigenvalue weighted by atomic mass is 9.77. The minimum absolute atomic E-state index is 0.130. The quantitative estimate of drug-likeness (QED) is 0.700. The van der Waals surface area contributed by atoms with Gasteiger partial charge in [0, 0.05) is 38.3 Å². The van der Waals surface area contributed by atoms with E-state index in [-0.39, 0.29) is 12.1 Å². The molecule has 9 heteroatoms. The highest BCUT2D eigenvalue weighted by Gasteiger charge is 2.49. The Labute approximate surface area is 205 Å². The predicted molar refractivity (Wildman–Crippen MR) is 131 cm³/mol. The van der Waals surface area contributed by atoms with Crippen molar-refractivity contribution < 1.29 is 14.6 Å². The van der Waals surface area contributed by atoms with E-state index in [2.05, 4.69) is 28.8 Å². The van der Waals surface area contributed by atoms with E-state index in [0.29, 0.717) is 23.8 Å². The number of aliphatic hydroxyl groups is 1. The minimum atomic E-state index is -0.130. The third kappa shape index (κ3) is 3.91. The van der Waals surface area contributed by atoms with Gasteiger partial charge in [-0.15, -0.1) is 0 Å². The molecular formula is C25H33N5O3S. The first-order chi connectivity index (χ1) is 16.5. The summed E-state index contributed by atoms with van der Waals surface area (Å²) in [7, 11) is 2.13. The molecule has 4 aliphatic rings. The summed E-state index contributed by atoms with van der Waals surface area (Å²) in [4.78, 5) is 19.7. The Morgan fingerprint density at radius 3 is 2.68 bits per heavy atom. The second-order valence-corrected chi connectivity index (χ2v) is 11.5. The van der Waals surface area contributed by atoms with Crippen molar-refractivity contribution in [2.45, 2.75) is 73.6 Å². The van der Waals surface area contributed by atoms with Gasteiger partial charge in [-0.1, -0.05) is 11.8 Å². The number of piperidine rings is 1. The molecule has 34 heavy (non-hydrogen) atoms. The van der Waals surface area contributed by atoms with Crippen LogP contribution >= 0.6 is 11.8 Å². The van der Waals surface area contributed by atoms with Crippen molar-refractivity contribution in [3.8, 4) is 5.75 Å². The van der Waals surface area contributed by atoms with Crippen LogP contribution in [0.15, 0.2) is 28.4 Å². The van der Waals surface area contributed by atoms with Crippen LogP contribution in [0.25, 0.3) is 0 Å². The first-order valence-electron chi connectivity index (χ1n) is 12.4. The number of nitrogens with zero attached hydrogens (tertiary/aromatic N) is 5. The average Bonchev–Trinajstić information content (AvgIpc) is 3.58. The zero-order valence-electron chi connectivity index (χ0n) is 20.0. The molecule has 1 saturated carbocycles. The highest BCUT2D eigenvalue weighted by molar-refractivity contribution is 7.99. The maximum atomic E-state index is 10.1. The summed E-state index contributed by atoms with van der Waals surface area (Å²) in [5.41, 5.74) is 1.15. The Bertz CT molecular complexity index is 1070. The smallest absolute Gasteiger partial charge is 0.175 e. The molecule has 0 unspecified atom stereocenters. The number of rotatable bonds is 4. The first-order valence-corrected chi connectivity index (χ1v) is 13.2. The van der Waals surface area contributed by atoms with E-state index in [0.717, 1.165) is 72.7 Å². The van der Waals surface area contributed by atoms with E-state index in [1.165, 1.54) is 24.6 Å². The van der Waals surface area contributed by atoms with Gasteiger partial charge in [0.2, 0.25) is 0 Å². The molecule has 8 nitrogen and oxygen atoms in total. The van der Waals surface area contributed by atoms with E-state index in [4.69, 9.17) is 19.4 Å². The van der Waals surface area contributed by atoms with Gasteiger partial charge in [-0.05, 0) is 50.5 Å². The molecule has 3 aliphatic heterocycles. The normalized spacial score (nSPS) is 24.7. The number of hydrogen-bond acceptors (Lipinski definition) is 9. The monoisotopic (exact) mass is 483 g/mol. The molecule has 5 heterocycles. The van der Waals surface area contributed by atoms with Crippen molar-refractivity contribution in [3.63, 3.8) is 0 Å². The molecule has 0 aromatic carbocycles. The summed E-state index contributed by atoms with van der Waals surface area (Å²) >= 11 is 1.52. The van der Waals surface area contributed by atoms with Crippen LogP contribution in [0.5, 0.6) is 5.75 Å². The van der Waals surface area contributed by atoms with Crippen molar-refractivity contribution in [3.05, 3.63) is 24.2 Å². The molecule has 0 bridgehead atoms. The van der Waals surface area contributed by atoms with Crippen LogP contribution in [-0.2, 0) is 11.3 Å². The molecule has 1 aliphatic carbocycles. The van der Waals surface area contributed by atoms with Crippen LogP contribution in [0, 0.1) is 5.41 Å². The van der Waals surface area contributed by atoms with E-state index >= 15 is 0 Å². The third-order valence-electron chi connectivity index (χ3n) is 8.20. The van der Waals surface area contributed by atoms with Crippen LogP contribution in [0.1, 0.15) is 51.1 Å². The Balaban J connectivity index is 1.21. The van der Waals surface area contributed by atoms with Crippen molar-refractivity contribution >= 4 is 23.4 Å². The van der Waals surface area contributed by atoms with Crippen LogP contribution < -0.4 is 14.5 Å². The molecule has 1 N–H and O–H groups in total. The number of aliphatic hydroxyl groups excluding tert-OH is 1. The van der Waals surface area contributed by atoms with Crippen molar-refractivity contribution in [1.82, 2.24) is 15.0 Å². The number of pyridine rings is 1. The van der Waals surface area contributed by atoms with Crippen LogP contribution in [0.3, 0.4) is 0 Å². The van der Waals surface area contributed by atoms with Gasteiger partial charge in [0.05, 0.1) is 37.0 Å². The highest BCUT2D eigenvalue weighted by atomic mass is 32.2.